The van der Waals surface area contributed by atoms with Crippen molar-refractivity contribution in [2.75, 3.05) is 5.73 Å². The van der Waals surface area contributed by atoms with Crippen LogP contribution in [0.25, 0.3) is 0 Å². The number of hydrogen-bond donors (Lipinski definition) is 2. The highest BCUT2D eigenvalue weighted by Crippen LogP contribution is 2.16. The topological polar surface area (TPSA) is 121 Å². The van der Waals surface area contributed by atoms with Crippen molar-refractivity contribution in [1.82, 2.24) is 29.3 Å². The lowest BCUT2D eigenvalue weighted by Crippen LogP contribution is -2.24. The fourth-order valence-electron chi connectivity index (χ4n) is 1.67. The third kappa shape index (κ3) is 3.14. The van der Waals surface area contributed by atoms with Crippen LogP contribution in [0.1, 0.15) is 19.2 Å². The number of hydrogen-bond acceptors (Lipinski definition) is 6. The summed E-state index contributed by atoms with van der Waals surface area (Å²) in [5.74, 6) is 0.371. The van der Waals surface area contributed by atoms with Crippen LogP contribution in [-0.4, -0.2) is 33.0 Å². The van der Waals surface area contributed by atoms with Gasteiger partial charge in [0.05, 0.1) is 6.54 Å². The summed E-state index contributed by atoms with van der Waals surface area (Å²) in [6.45, 7) is 2.58. The van der Waals surface area contributed by atoms with Gasteiger partial charge in [-0.15, -0.1) is 0 Å². The molecule has 0 fully saturated rings. The zero-order valence-electron chi connectivity index (χ0n) is 11.3. The van der Waals surface area contributed by atoms with Crippen LogP contribution in [0.5, 0.6) is 0 Å². The maximum absolute atomic E-state index is 12.1. The minimum Gasteiger partial charge on any atom is -0.381 e. The molecule has 20 heavy (non-hydrogen) atoms. The number of nitrogens with zero attached hydrogens (tertiary/aromatic N) is 5. The summed E-state index contributed by atoms with van der Waals surface area (Å²) >= 11 is 0. The first kappa shape index (κ1) is 14.5. The number of aromatic nitrogens is 5. The first-order valence-corrected chi connectivity index (χ1v) is 7.58. The number of nitrogens with one attached hydrogen (secondary N) is 1. The second kappa shape index (κ2) is 5.59. The van der Waals surface area contributed by atoms with E-state index in [1.54, 1.807) is 7.05 Å². The molecule has 2 aromatic heterocycles. The molecular formula is C10H17N7O2S. The number of nitrogens with two attached hydrogens (primary N) is 1. The van der Waals surface area contributed by atoms with Crippen molar-refractivity contribution in [1.29, 1.82) is 0 Å². The SMILES string of the molecule is CCCn1cc(S(=O)(=O)NCc2ncn(C)n2)c(N)n1. The predicted molar refractivity (Wildman–Crippen MR) is 72.0 cm³/mol. The summed E-state index contributed by atoms with van der Waals surface area (Å²) < 4.78 is 29.7. The number of nitrogen functional groups attached to an aromatic ring is 1. The summed E-state index contributed by atoms with van der Waals surface area (Å²) in [5.41, 5.74) is 5.64. The van der Waals surface area contributed by atoms with Gasteiger partial charge in [0.25, 0.3) is 0 Å². The molecule has 0 amide bonds. The van der Waals surface area contributed by atoms with Crippen molar-refractivity contribution in [2.45, 2.75) is 31.3 Å². The van der Waals surface area contributed by atoms with Gasteiger partial charge in [-0.25, -0.2) is 18.1 Å². The molecule has 0 saturated heterocycles. The minimum absolute atomic E-state index is 0.00156. The van der Waals surface area contributed by atoms with E-state index in [2.05, 4.69) is 19.9 Å². The van der Waals surface area contributed by atoms with Gasteiger partial charge in [-0.05, 0) is 6.42 Å². The van der Waals surface area contributed by atoms with Gasteiger partial charge >= 0.3 is 0 Å². The number of anilines is 1. The van der Waals surface area contributed by atoms with E-state index in [0.29, 0.717) is 12.4 Å². The van der Waals surface area contributed by atoms with Crippen molar-refractivity contribution in [3.63, 3.8) is 0 Å². The van der Waals surface area contributed by atoms with Crippen molar-refractivity contribution >= 4 is 15.8 Å². The van der Waals surface area contributed by atoms with Crippen LogP contribution in [0.15, 0.2) is 17.4 Å². The Labute approximate surface area is 116 Å². The third-order valence-corrected chi connectivity index (χ3v) is 3.98. The number of aryl methyl sites for hydroxylation is 2. The Morgan fingerprint density at radius 3 is 2.75 bits per heavy atom. The van der Waals surface area contributed by atoms with E-state index in [1.807, 2.05) is 6.92 Å². The Bertz CT molecular complexity index is 688. The molecule has 0 atom stereocenters. The van der Waals surface area contributed by atoms with Crippen LogP contribution in [-0.2, 0) is 30.2 Å². The van der Waals surface area contributed by atoms with Crippen LogP contribution in [0.4, 0.5) is 5.82 Å². The Morgan fingerprint density at radius 1 is 1.40 bits per heavy atom. The zero-order valence-corrected chi connectivity index (χ0v) is 12.1. The zero-order chi connectivity index (χ0) is 14.8. The molecule has 0 saturated carbocycles. The van der Waals surface area contributed by atoms with Crippen molar-refractivity contribution in [3.05, 3.63) is 18.3 Å². The molecule has 10 heteroatoms. The molecule has 3 N–H and O–H groups in total. The molecule has 2 rings (SSSR count). The van der Waals surface area contributed by atoms with Gasteiger partial charge in [-0.2, -0.15) is 10.2 Å². The van der Waals surface area contributed by atoms with Gasteiger partial charge in [0.15, 0.2) is 11.6 Å². The second-order valence-electron chi connectivity index (χ2n) is 4.30. The lowest BCUT2D eigenvalue weighted by atomic mass is 10.5. The highest BCUT2D eigenvalue weighted by atomic mass is 32.2. The van der Waals surface area contributed by atoms with E-state index < -0.39 is 10.0 Å². The molecule has 9 nitrogen and oxygen atoms in total. The minimum atomic E-state index is -3.72. The molecule has 2 heterocycles. The van der Waals surface area contributed by atoms with E-state index >= 15 is 0 Å². The van der Waals surface area contributed by atoms with E-state index in [-0.39, 0.29) is 17.3 Å². The summed E-state index contributed by atoms with van der Waals surface area (Å²) in [6.07, 6.45) is 3.76. The van der Waals surface area contributed by atoms with E-state index in [0.717, 1.165) is 6.42 Å². The van der Waals surface area contributed by atoms with Gasteiger partial charge in [0.1, 0.15) is 11.2 Å². The highest BCUT2D eigenvalue weighted by molar-refractivity contribution is 7.89. The van der Waals surface area contributed by atoms with Crippen LogP contribution >= 0.6 is 0 Å². The smallest absolute Gasteiger partial charge is 0.246 e. The van der Waals surface area contributed by atoms with Crippen molar-refractivity contribution in [3.8, 4) is 0 Å². The average Bonchev–Trinajstić information content (AvgIpc) is 2.94. The van der Waals surface area contributed by atoms with Gasteiger partial charge in [-0.3, -0.25) is 9.36 Å². The van der Waals surface area contributed by atoms with Crippen LogP contribution < -0.4 is 10.5 Å². The molecule has 0 aliphatic heterocycles. The monoisotopic (exact) mass is 299 g/mol. The first-order valence-electron chi connectivity index (χ1n) is 6.09. The standard InChI is InChI=1S/C10H17N7O2S/c1-3-4-17-6-8(10(11)15-17)20(18,19)13-5-9-12-7-16(2)14-9/h6-7,13H,3-5H2,1-2H3,(H2,11,15). The molecule has 0 aliphatic rings. The predicted octanol–water partition coefficient (Wildman–Crippen LogP) is -0.518. The Hall–Kier alpha value is -1.94. The van der Waals surface area contributed by atoms with E-state index in [1.165, 1.54) is 21.9 Å². The molecule has 0 radical (unpaired) electrons. The Kier molecular flexibility index (Phi) is 4.04. The third-order valence-electron chi connectivity index (χ3n) is 2.56. The molecule has 110 valence electrons. The normalized spacial score (nSPS) is 11.9. The molecule has 0 unspecified atom stereocenters. The molecule has 2 aromatic rings. The summed E-state index contributed by atoms with van der Waals surface area (Å²) in [6, 6.07) is 0. The Balaban J connectivity index is 2.13. The van der Waals surface area contributed by atoms with Crippen molar-refractivity contribution in [2.24, 2.45) is 7.05 Å². The largest absolute Gasteiger partial charge is 0.381 e. The van der Waals surface area contributed by atoms with Gasteiger partial charge in [0.2, 0.25) is 10.0 Å². The highest BCUT2D eigenvalue weighted by Gasteiger charge is 2.21. The molecule has 0 spiro atoms. The summed E-state index contributed by atoms with van der Waals surface area (Å²) in [7, 11) is -2.02. The average molecular weight is 299 g/mol. The molecule has 0 bridgehead atoms. The van der Waals surface area contributed by atoms with Crippen molar-refractivity contribution < 1.29 is 8.42 Å². The van der Waals surface area contributed by atoms with Gasteiger partial charge in [-0.1, -0.05) is 6.92 Å². The van der Waals surface area contributed by atoms with E-state index in [9.17, 15) is 8.42 Å². The van der Waals surface area contributed by atoms with E-state index in [4.69, 9.17) is 5.73 Å². The molecule has 0 aliphatic carbocycles. The maximum Gasteiger partial charge on any atom is 0.246 e. The fraction of sp³-hybridized carbons (Fsp3) is 0.500. The van der Waals surface area contributed by atoms with Gasteiger partial charge in [0, 0.05) is 19.8 Å². The molecular weight excluding hydrogens is 282 g/mol. The lowest BCUT2D eigenvalue weighted by Gasteiger charge is -2.02. The quantitative estimate of drug-likeness (QED) is 0.740. The second-order valence-corrected chi connectivity index (χ2v) is 6.04. The van der Waals surface area contributed by atoms with Crippen LogP contribution in [0, 0.1) is 0 Å². The first-order chi connectivity index (χ1) is 9.42. The molecule has 0 aromatic carbocycles. The lowest BCUT2D eigenvalue weighted by molar-refractivity contribution is 0.577. The van der Waals surface area contributed by atoms with Crippen LogP contribution in [0.2, 0.25) is 0 Å². The Morgan fingerprint density at radius 2 is 2.15 bits per heavy atom. The summed E-state index contributed by atoms with van der Waals surface area (Å²) in [4.78, 5) is 3.92. The number of rotatable bonds is 6. The fourth-order valence-corrected chi connectivity index (χ4v) is 2.72. The van der Waals surface area contributed by atoms with Crippen LogP contribution in [0.3, 0.4) is 0 Å². The summed E-state index contributed by atoms with van der Waals surface area (Å²) in [5, 5.41) is 7.96. The number of sulfonamides is 1. The van der Waals surface area contributed by atoms with Gasteiger partial charge < -0.3 is 5.73 Å². The maximum atomic E-state index is 12.1.